The summed E-state index contributed by atoms with van der Waals surface area (Å²) >= 11 is 0. The number of urea groups is 1. The summed E-state index contributed by atoms with van der Waals surface area (Å²) in [6.07, 6.45) is 0. The Bertz CT molecular complexity index is 923. The SMILES string of the molecule is CCn1c(=O)oc2cc(NC(=O)NCc3ccc(C)cc3)ccc21. The van der Waals surface area contributed by atoms with E-state index in [1.54, 1.807) is 18.2 Å². The Labute approximate surface area is 139 Å². The summed E-state index contributed by atoms with van der Waals surface area (Å²) in [4.78, 5) is 23.7. The number of fused-ring (bicyclic) bond motifs is 1. The number of oxazole rings is 1. The molecule has 124 valence electrons. The fourth-order valence-electron chi connectivity index (χ4n) is 2.51. The van der Waals surface area contributed by atoms with E-state index in [1.807, 2.05) is 38.1 Å². The molecule has 0 aliphatic carbocycles. The Hall–Kier alpha value is -3.02. The van der Waals surface area contributed by atoms with Crippen LogP contribution in [0.3, 0.4) is 0 Å². The Morgan fingerprint density at radius 2 is 1.92 bits per heavy atom. The highest BCUT2D eigenvalue weighted by Crippen LogP contribution is 2.18. The van der Waals surface area contributed by atoms with Gasteiger partial charge in [-0.15, -0.1) is 0 Å². The van der Waals surface area contributed by atoms with Gasteiger partial charge in [0.05, 0.1) is 5.52 Å². The Morgan fingerprint density at radius 1 is 1.17 bits per heavy atom. The monoisotopic (exact) mass is 325 g/mol. The second kappa shape index (κ2) is 6.62. The van der Waals surface area contributed by atoms with Crippen molar-refractivity contribution >= 4 is 22.8 Å². The molecule has 0 radical (unpaired) electrons. The first kappa shape index (κ1) is 15.9. The van der Waals surface area contributed by atoms with Crippen LogP contribution in [0.4, 0.5) is 10.5 Å². The second-order valence-corrected chi connectivity index (χ2v) is 5.59. The van der Waals surface area contributed by atoms with E-state index in [-0.39, 0.29) is 6.03 Å². The lowest BCUT2D eigenvalue weighted by Gasteiger charge is -2.08. The number of hydrogen-bond donors (Lipinski definition) is 2. The quantitative estimate of drug-likeness (QED) is 0.773. The molecule has 1 heterocycles. The van der Waals surface area contributed by atoms with E-state index in [0.29, 0.717) is 29.9 Å². The molecule has 3 rings (SSSR count). The largest absolute Gasteiger partial charge is 0.419 e. The summed E-state index contributed by atoms with van der Waals surface area (Å²) in [6.45, 7) is 4.87. The number of rotatable bonds is 4. The van der Waals surface area contributed by atoms with Gasteiger partial charge in [-0.1, -0.05) is 29.8 Å². The van der Waals surface area contributed by atoms with Crippen LogP contribution < -0.4 is 16.4 Å². The zero-order valence-corrected chi connectivity index (χ0v) is 13.6. The summed E-state index contributed by atoms with van der Waals surface area (Å²) < 4.78 is 6.73. The number of carbonyl (C=O) groups excluding carboxylic acids is 1. The number of nitrogens with zero attached hydrogens (tertiary/aromatic N) is 1. The van der Waals surface area contributed by atoms with Crippen molar-refractivity contribution in [1.82, 2.24) is 9.88 Å². The Morgan fingerprint density at radius 3 is 2.62 bits per heavy atom. The predicted molar refractivity (Wildman–Crippen MR) is 93.2 cm³/mol. The standard InChI is InChI=1S/C18H19N3O3/c1-3-21-15-9-8-14(10-16(15)24-18(21)23)20-17(22)19-11-13-6-4-12(2)5-7-13/h4-10H,3,11H2,1-2H3,(H2,19,20,22). The van der Waals surface area contributed by atoms with Gasteiger partial charge in [-0.2, -0.15) is 0 Å². The van der Waals surface area contributed by atoms with Crippen molar-refractivity contribution in [1.29, 1.82) is 0 Å². The number of benzene rings is 2. The predicted octanol–water partition coefficient (Wildman–Crippen LogP) is 3.24. The molecule has 0 unspecified atom stereocenters. The van der Waals surface area contributed by atoms with Gasteiger partial charge in [0.2, 0.25) is 0 Å². The van der Waals surface area contributed by atoms with E-state index >= 15 is 0 Å². The summed E-state index contributed by atoms with van der Waals surface area (Å²) in [6, 6.07) is 12.8. The highest BCUT2D eigenvalue weighted by molar-refractivity contribution is 5.91. The van der Waals surface area contributed by atoms with Crippen molar-refractivity contribution in [3.8, 4) is 0 Å². The van der Waals surface area contributed by atoms with E-state index in [9.17, 15) is 9.59 Å². The van der Waals surface area contributed by atoms with E-state index in [4.69, 9.17) is 4.42 Å². The average molecular weight is 325 g/mol. The normalized spacial score (nSPS) is 10.8. The highest BCUT2D eigenvalue weighted by Gasteiger charge is 2.09. The maximum absolute atomic E-state index is 12.0. The van der Waals surface area contributed by atoms with Crippen LogP contribution in [0, 0.1) is 6.92 Å². The third-order valence-electron chi connectivity index (χ3n) is 3.82. The third-order valence-corrected chi connectivity index (χ3v) is 3.82. The lowest BCUT2D eigenvalue weighted by molar-refractivity contribution is 0.251. The van der Waals surface area contributed by atoms with Crippen LogP contribution in [0.5, 0.6) is 0 Å². The van der Waals surface area contributed by atoms with Crippen molar-refractivity contribution in [2.24, 2.45) is 0 Å². The van der Waals surface area contributed by atoms with Crippen molar-refractivity contribution in [2.75, 3.05) is 5.32 Å². The molecule has 2 aromatic carbocycles. The van der Waals surface area contributed by atoms with Crippen LogP contribution in [0.15, 0.2) is 51.7 Å². The maximum Gasteiger partial charge on any atom is 0.419 e. The Balaban J connectivity index is 1.66. The van der Waals surface area contributed by atoms with E-state index < -0.39 is 5.76 Å². The smallest absolute Gasteiger partial charge is 0.408 e. The van der Waals surface area contributed by atoms with Gasteiger partial charge in [0, 0.05) is 24.8 Å². The number of amides is 2. The summed E-state index contributed by atoms with van der Waals surface area (Å²) in [5.74, 6) is -0.395. The number of anilines is 1. The fraction of sp³-hybridized carbons (Fsp3) is 0.222. The van der Waals surface area contributed by atoms with Gasteiger partial charge in [0.1, 0.15) is 0 Å². The summed E-state index contributed by atoms with van der Waals surface area (Å²) in [7, 11) is 0. The minimum absolute atomic E-state index is 0.313. The van der Waals surface area contributed by atoms with Gasteiger partial charge in [-0.3, -0.25) is 4.57 Å². The first-order chi connectivity index (χ1) is 11.6. The molecule has 0 fully saturated rings. The number of aryl methyl sites for hydroxylation is 2. The first-order valence-electron chi connectivity index (χ1n) is 7.80. The molecule has 0 spiro atoms. The van der Waals surface area contributed by atoms with Crippen LogP contribution >= 0.6 is 0 Å². The highest BCUT2D eigenvalue weighted by atomic mass is 16.4. The second-order valence-electron chi connectivity index (χ2n) is 5.59. The van der Waals surface area contributed by atoms with E-state index in [1.165, 1.54) is 10.1 Å². The van der Waals surface area contributed by atoms with Crippen LogP contribution in [-0.4, -0.2) is 10.6 Å². The van der Waals surface area contributed by atoms with Gasteiger partial charge >= 0.3 is 11.8 Å². The minimum atomic E-state index is -0.395. The minimum Gasteiger partial charge on any atom is -0.408 e. The van der Waals surface area contributed by atoms with Crippen LogP contribution in [0.25, 0.3) is 11.1 Å². The molecule has 2 N–H and O–H groups in total. The summed E-state index contributed by atoms with van der Waals surface area (Å²) in [5.41, 5.74) is 3.95. The molecule has 0 saturated carbocycles. The van der Waals surface area contributed by atoms with Crippen LogP contribution in [0.2, 0.25) is 0 Å². The van der Waals surface area contributed by atoms with Crippen LogP contribution in [-0.2, 0) is 13.1 Å². The van der Waals surface area contributed by atoms with Crippen molar-refractivity contribution in [3.05, 3.63) is 64.1 Å². The molecule has 1 aromatic heterocycles. The molecule has 2 amide bonds. The van der Waals surface area contributed by atoms with Gasteiger partial charge < -0.3 is 15.1 Å². The van der Waals surface area contributed by atoms with Gasteiger partial charge in [-0.05, 0) is 31.5 Å². The molecule has 0 aliphatic rings. The van der Waals surface area contributed by atoms with E-state index in [0.717, 1.165) is 5.56 Å². The van der Waals surface area contributed by atoms with Crippen LogP contribution in [0.1, 0.15) is 18.1 Å². The lowest BCUT2D eigenvalue weighted by atomic mass is 10.1. The molecule has 0 atom stereocenters. The average Bonchev–Trinajstić information content (AvgIpc) is 2.88. The number of carbonyl (C=O) groups is 1. The van der Waals surface area contributed by atoms with Gasteiger partial charge in [0.25, 0.3) is 0 Å². The first-order valence-corrected chi connectivity index (χ1v) is 7.80. The van der Waals surface area contributed by atoms with Gasteiger partial charge in [0.15, 0.2) is 5.58 Å². The lowest BCUT2D eigenvalue weighted by Crippen LogP contribution is -2.28. The summed E-state index contributed by atoms with van der Waals surface area (Å²) in [5, 5.41) is 5.54. The molecule has 6 nitrogen and oxygen atoms in total. The fourth-order valence-corrected chi connectivity index (χ4v) is 2.51. The molecule has 0 aliphatic heterocycles. The molecule has 3 aromatic rings. The van der Waals surface area contributed by atoms with E-state index in [2.05, 4.69) is 10.6 Å². The van der Waals surface area contributed by atoms with Crippen molar-refractivity contribution in [3.63, 3.8) is 0 Å². The van der Waals surface area contributed by atoms with Crippen molar-refractivity contribution < 1.29 is 9.21 Å². The molecule has 24 heavy (non-hydrogen) atoms. The third kappa shape index (κ3) is 3.32. The molecular weight excluding hydrogens is 306 g/mol. The van der Waals surface area contributed by atoms with Gasteiger partial charge in [-0.25, -0.2) is 9.59 Å². The zero-order valence-electron chi connectivity index (χ0n) is 13.6. The number of nitrogens with one attached hydrogen (secondary N) is 2. The number of hydrogen-bond acceptors (Lipinski definition) is 3. The van der Waals surface area contributed by atoms with Crippen molar-refractivity contribution in [2.45, 2.75) is 26.9 Å². The number of aromatic nitrogens is 1. The topological polar surface area (TPSA) is 76.3 Å². The molecule has 6 heteroatoms. The molecule has 0 bridgehead atoms. The molecular formula is C18H19N3O3. The molecule has 0 saturated heterocycles. The maximum atomic E-state index is 12.0. The Kier molecular flexibility index (Phi) is 4.37. The zero-order chi connectivity index (χ0) is 17.1.